The zero-order valence-electron chi connectivity index (χ0n) is 33.6. The van der Waals surface area contributed by atoms with Crippen LogP contribution in [0.4, 0.5) is 9.59 Å². The summed E-state index contributed by atoms with van der Waals surface area (Å²) in [5, 5.41) is 6.02. The molecule has 312 valence electrons. The van der Waals surface area contributed by atoms with Gasteiger partial charge in [-0.25, -0.2) is 14.6 Å². The summed E-state index contributed by atoms with van der Waals surface area (Å²) in [4.78, 5) is 81.5. The molecule has 17 nitrogen and oxygen atoms in total. The summed E-state index contributed by atoms with van der Waals surface area (Å²) in [6, 6.07) is 8.32. The second-order valence-corrected chi connectivity index (χ2v) is 15.6. The van der Waals surface area contributed by atoms with Gasteiger partial charge in [0.1, 0.15) is 29.1 Å². The number of aromatic amines is 1. The van der Waals surface area contributed by atoms with Crippen molar-refractivity contribution in [3.05, 3.63) is 70.4 Å². The molecule has 1 unspecified atom stereocenters. The number of aromatic nitrogens is 2. The average Bonchev–Trinajstić information content (AvgIpc) is 4.10. The number of nitrogens with zero attached hydrogens (tertiary/aromatic N) is 4. The second-order valence-electron chi connectivity index (χ2n) is 14.6. The van der Waals surface area contributed by atoms with Crippen LogP contribution in [-0.2, 0) is 28.5 Å². The highest BCUT2D eigenvalue weighted by Crippen LogP contribution is 2.35. The summed E-state index contributed by atoms with van der Waals surface area (Å²) < 4.78 is 26.6. The number of benzene rings is 2. The van der Waals surface area contributed by atoms with E-state index in [4.69, 9.17) is 28.4 Å². The Bertz CT molecular complexity index is 2390. The highest BCUT2D eigenvalue weighted by Gasteiger charge is 2.41. The van der Waals surface area contributed by atoms with Gasteiger partial charge in [-0.3, -0.25) is 19.4 Å². The predicted molar refractivity (Wildman–Crippen MR) is 221 cm³/mol. The Labute approximate surface area is 343 Å². The maximum Gasteiger partial charge on any atom is 0.407 e. The highest BCUT2D eigenvalue weighted by molar-refractivity contribution is 7.99. The van der Waals surface area contributed by atoms with E-state index in [-0.39, 0.29) is 29.3 Å². The van der Waals surface area contributed by atoms with E-state index < -0.39 is 36.5 Å². The quantitative estimate of drug-likeness (QED) is 0.168. The lowest BCUT2D eigenvalue weighted by Crippen LogP contribution is -2.56. The van der Waals surface area contributed by atoms with Gasteiger partial charge >= 0.3 is 12.2 Å². The Hall–Kier alpha value is -5.72. The summed E-state index contributed by atoms with van der Waals surface area (Å²) in [5.41, 5.74) is 4.64. The lowest BCUT2D eigenvalue weighted by atomic mass is 9.97. The standard InChI is InChI=1S/C41H47N7O10S/c1-21(54-3)34(45-40(52)56-5)38(50)47-13-7-8-30(47)28-15-25(17-42-28)23-9-11-26-33(16-23)58-32-12-10-24(14-27(32)36(26)49)29-18-43-37(44-29)31-19-59-20-48(31)39(51)35(22(2)55-4)46-41(53)57-6/h9-12,14,16-18,21-22,30-31,34-35H,7-8,13,15,19-20H2,1-6H3,(H,43,44)(H,45,52)(H,46,53)/t21-,22-,30+,31+,34+,35?/m1/s1. The van der Waals surface area contributed by atoms with Gasteiger partial charge in [-0.15, -0.1) is 11.8 Å². The van der Waals surface area contributed by atoms with Crippen molar-refractivity contribution in [1.29, 1.82) is 0 Å². The fourth-order valence-electron chi connectivity index (χ4n) is 7.73. The first-order valence-electron chi connectivity index (χ1n) is 19.2. The van der Waals surface area contributed by atoms with Crippen LogP contribution in [0.15, 0.2) is 63.0 Å². The number of fused-ring (bicyclic) bond motifs is 2. The van der Waals surface area contributed by atoms with Crippen molar-refractivity contribution in [3.8, 4) is 11.3 Å². The van der Waals surface area contributed by atoms with E-state index in [1.165, 1.54) is 28.4 Å². The van der Waals surface area contributed by atoms with Crippen molar-refractivity contribution >= 4 is 69.0 Å². The molecular weight excluding hydrogens is 783 g/mol. The Morgan fingerprint density at radius 2 is 1.54 bits per heavy atom. The molecule has 0 spiro atoms. The van der Waals surface area contributed by atoms with Crippen molar-refractivity contribution in [2.45, 2.75) is 69.5 Å². The predicted octanol–water partition coefficient (Wildman–Crippen LogP) is 4.61. The number of alkyl carbamates (subject to hydrolysis) is 2. The van der Waals surface area contributed by atoms with E-state index in [2.05, 4.69) is 20.6 Å². The maximum atomic E-state index is 13.9. The number of hydrogen-bond donors (Lipinski definition) is 3. The van der Waals surface area contributed by atoms with Crippen LogP contribution in [0.1, 0.15) is 50.5 Å². The number of hydrogen-bond acceptors (Lipinski definition) is 13. The van der Waals surface area contributed by atoms with Crippen LogP contribution >= 0.6 is 11.8 Å². The number of rotatable bonds is 12. The van der Waals surface area contributed by atoms with E-state index in [0.29, 0.717) is 63.6 Å². The molecule has 0 saturated carbocycles. The molecule has 3 aliphatic rings. The monoisotopic (exact) mass is 829 g/mol. The first kappa shape index (κ1) is 41.4. The Morgan fingerprint density at radius 1 is 0.864 bits per heavy atom. The van der Waals surface area contributed by atoms with Gasteiger partial charge in [0.15, 0.2) is 0 Å². The SMILES string of the molecule is COC(=O)NC(C(=O)N1CSC[C@H]1c1ncc(-c2ccc3oc4cc(C5=CN=C([C@@H]6CCCN6C(=O)[C@@H](NC(=O)OC)[C@@H](C)OC)C5)ccc4c(=O)c3c2)[nH]1)[C@@H](C)OC. The summed E-state index contributed by atoms with van der Waals surface area (Å²) in [5.74, 6) is 0.980. The minimum absolute atomic E-state index is 0.187. The average molecular weight is 830 g/mol. The van der Waals surface area contributed by atoms with Crippen LogP contribution in [0.25, 0.3) is 38.8 Å². The summed E-state index contributed by atoms with van der Waals surface area (Å²) in [6.45, 7) is 3.94. The number of thioether (sulfide) groups is 1. The number of nitrogens with one attached hydrogen (secondary N) is 3. The van der Waals surface area contributed by atoms with Crippen molar-refractivity contribution in [2.75, 3.05) is 46.6 Å². The molecule has 2 saturated heterocycles. The molecule has 2 aromatic carbocycles. The fourth-order valence-corrected chi connectivity index (χ4v) is 8.90. The lowest BCUT2D eigenvalue weighted by molar-refractivity contribution is -0.137. The smallest absolute Gasteiger partial charge is 0.407 e. The third-order valence-electron chi connectivity index (χ3n) is 11.2. The van der Waals surface area contributed by atoms with Gasteiger partial charge in [0.2, 0.25) is 17.2 Å². The normalized spacial score (nSPS) is 19.9. The molecule has 4 aromatic rings. The molecule has 0 aliphatic carbocycles. The third-order valence-corrected chi connectivity index (χ3v) is 12.3. The van der Waals surface area contributed by atoms with E-state index in [0.717, 1.165) is 29.7 Å². The topological polar surface area (TPSA) is 207 Å². The van der Waals surface area contributed by atoms with Gasteiger partial charge < -0.3 is 48.8 Å². The van der Waals surface area contributed by atoms with Gasteiger partial charge in [0, 0.05) is 50.4 Å². The summed E-state index contributed by atoms with van der Waals surface area (Å²) in [6.07, 6.45) is 2.86. The Balaban J connectivity index is 1.07. The number of amides is 4. The Morgan fingerprint density at radius 3 is 2.22 bits per heavy atom. The van der Waals surface area contributed by atoms with Gasteiger partial charge in [0.25, 0.3) is 0 Å². The number of ether oxygens (including phenoxy) is 4. The van der Waals surface area contributed by atoms with Crippen molar-refractivity contribution in [2.24, 2.45) is 4.99 Å². The zero-order valence-corrected chi connectivity index (χ0v) is 34.4. The molecule has 2 aromatic heterocycles. The summed E-state index contributed by atoms with van der Waals surface area (Å²) >= 11 is 1.57. The van der Waals surface area contributed by atoms with Crippen LogP contribution in [0, 0.1) is 0 Å². The van der Waals surface area contributed by atoms with Gasteiger partial charge in [0.05, 0.1) is 67.1 Å². The van der Waals surface area contributed by atoms with Crippen molar-refractivity contribution in [3.63, 3.8) is 0 Å². The van der Waals surface area contributed by atoms with Gasteiger partial charge in [-0.1, -0.05) is 6.07 Å². The van der Waals surface area contributed by atoms with Crippen LogP contribution in [-0.4, -0.2) is 126 Å². The molecule has 7 rings (SSSR count). The van der Waals surface area contributed by atoms with Gasteiger partial charge in [-0.05, 0) is 68.2 Å². The highest BCUT2D eigenvalue weighted by atomic mass is 32.2. The third kappa shape index (κ3) is 8.29. The molecule has 6 atom stereocenters. The van der Waals surface area contributed by atoms with E-state index in [1.54, 1.807) is 66.0 Å². The molecule has 2 fully saturated rings. The number of methoxy groups -OCH3 is 4. The molecule has 5 heterocycles. The van der Waals surface area contributed by atoms with Crippen molar-refractivity contribution in [1.82, 2.24) is 30.4 Å². The van der Waals surface area contributed by atoms with Crippen LogP contribution in [0.5, 0.6) is 0 Å². The number of imidazole rings is 1. The Kier molecular flexibility index (Phi) is 12.4. The molecule has 3 aliphatic heterocycles. The second kappa shape index (κ2) is 17.6. The van der Waals surface area contributed by atoms with Crippen LogP contribution in [0.3, 0.4) is 0 Å². The van der Waals surface area contributed by atoms with Crippen LogP contribution in [0.2, 0.25) is 0 Å². The minimum Gasteiger partial charge on any atom is -0.456 e. The number of aliphatic imine (C=N–C) groups is 1. The first-order valence-corrected chi connectivity index (χ1v) is 20.4. The molecule has 3 N–H and O–H groups in total. The molecule has 4 amide bonds. The van der Waals surface area contributed by atoms with E-state index >= 15 is 0 Å². The largest absolute Gasteiger partial charge is 0.456 e. The molecule has 18 heteroatoms. The number of likely N-dealkylation sites (tertiary alicyclic amines) is 1. The molecule has 0 bridgehead atoms. The zero-order chi connectivity index (χ0) is 42.0. The van der Waals surface area contributed by atoms with Crippen molar-refractivity contribution < 1.29 is 42.5 Å². The fraction of sp³-hybridized carbons (Fsp3) is 0.439. The van der Waals surface area contributed by atoms with E-state index in [9.17, 15) is 24.0 Å². The number of H-pyrrole nitrogens is 1. The van der Waals surface area contributed by atoms with E-state index in [1.807, 2.05) is 18.2 Å². The number of carbonyl (C=O) groups is 4. The van der Waals surface area contributed by atoms with Crippen LogP contribution < -0.4 is 16.1 Å². The maximum absolute atomic E-state index is 13.9. The lowest BCUT2D eigenvalue weighted by Gasteiger charge is -2.31. The summed E-state index contributed by atoms with van der Waals surface area (Å²) in [7, 11) is 5.43. The molecule has 59 heavy (non-hydrogen) atoms. The first-order chi connectivity index (χ1) is 28.5. The minimum atomic E-state index is -0.961. The number of carbonyl (C=O) groups excluding carboxylic acids is 4. The number of allylic oxidation sites excluding steroid dienone is 1. The molecular formula is C41H47N7O10S. The molecule has 0 radical (unpaired) electrons. The van der Waals surface area contributed by atoms with Gasteiger partial charge in [-0.2, -0.15) is 0 Å².